The van der Waals surface area contributed by atoms with Gasteiger partial charge in [-0.05, 0) is 109 Å². The van der Waals surface area contributed by atoms with E-state index in [-0.39, 0.29) is 53.9 Å². The van der Waals surface area contributed by atoms with E-state index in [1.807, 2.05) is 54.5 Å². The summed E-state index contributed by atoms with van der Waals surface area (Å²) in [7, 11) is 0. The van der Waals surface area contributed by atoms with Gasteiger partial charge in [0.05, 0.1) is 26.4 Å². The number of carbonyl (C=O) groups is 4. The number of carbonyl (C=O) groups excluding carboxylic acids is 4. The number of hydrogen-bond donors (Lipinski definition) is 2. The zero-order chi connectivity index (χ0) is 48.1. The van der Waals surface area contributed by atoms with Crippen LogP contribution >= 0.6 is 0 Å². The SMILES string of the molecule is C/C=C(\C)C(C)=O.CC1=CC(C)C(C=O)CC1.CCC(C)C(C)(CO)CO.CCC(C)C(C)=O.CCC(C)C(C)C=O.CCC(C)C1(C)COC(C2CCC(C)=CC2C)OC1. The fraction of sp³-hybridized carbons (Fsp3) is 0.811. The van der Waals surface area contributed by atoms with E-state index < -0.39 is 0 Å². The molecule has 1 aliphatic heterocycles. The number of Topliss-reactive ketones (excluding diaryl/α,β-unsaturated/α-hetero) is 2. The molecule has 3 aliphatic rings. The second-order valence-corrected chi connectivity index (χ2v) is 19.3. The Labute approximate surface area is 376 Å². The Balaban J connectivity index is -0.000000698. The maximum Gasteiger partial charge on any atom is 0.160 e. The quantitative estimate of drug-likeness (QED) is 0.100. The number of ketones is 2. The van der Waals surface area contributed by atoms with Crippen molar-refractivity contribution in [2.45, 2.75) is 189 Å². The lowest BCUT2D eigenvalue weighted by molar-refractivity contribution is -0.260. The number of aliphatic hydroxyl groups excluding tert-OH is 2. The first-order valence-electron chi connectivity index (χ1n) is 23.7. The molecular weight excluding hydrogens is 765 g/mol. The molecule has 2 N–H and O–H groups in total. The highest BCUT2D eigenvalue weighted by Gasteiger charge is 2.40. The van der Waals surface area contributed by atoms with Crippen molar-refractivity contribution in [1.29, 1.82) is 0 Å². The molecule has 61 heavy (non-hydrogen) atoms. The van der Waals surface area contributed by atoms with Crippen LogP contribution in [0.1, 0.15) is 183 Å². The van der Waals surface area contributed by atoms with Gasteiger partial charge in [0.25, 0.3) is 0 Å². The fourth-order valence-corrected chi connectivity index (χ4v) is 6.71. The summed E-state index contributed by atoms with van der Waals surface area (Å²) >= 11 is 0. The molecule has 0 aromatic rings. The highest BCUT2D eigenvalue weighted by molar-refractivity contribution is 5.92. The van der Waals surface area contributed by atoms with Crippen molar-refractivity contribution in [2.24, 2.45) is 64.1 Å². The molecule has 0 radical (unpaired) electrons. The van der Waals surface area contributed by atoms with Crippen LogP contribution in [0.3, 0.4) is 0 Å². The minimum Gasteiger partial charge on any atom is -0.396 e. The highest BCUT2D eigenvalue weighted by Crippen LogP contribution is 2.39. The van der Waals surface area contributed by atoms with Gasteiger partial charge in [0.2, 0.25) is 0 Å². The van der Waals surface area contributed by atoms with Crippen molar-refractivity contribution in [3.63, 3.8) is 0 Å². The summed E-state index contributed by atoms with van der Waals surface area (Å²) in [5.74, 6) is 4.38. The molecule has 1 heterocycles. The minimum absolute atomic E-state index is 0.0106. The summed E-state index contributed by atoms with van der Waals surface area (Å²) in [6.45, 7) is 40.5. The molecule has 0 spiro atoms. The van der Waals surface area contributed by atoms with Crippen LogP contribution < -0.4 is 0 Å². The zero-order valence-electron chi connectivity index (χ0n) is 43.0. The number of rotatable bonds is 14. The molecule has 0 amide bonds. The van der Waals surface area contributed by atoms with Crippen LogP contribution in [0.5, 0.6) is 0 Å². The smallest absolute Gasteiger partial charge is 0.160 e. The Morgan fingerprint density at radius 3 is 1.57 bits per heavy atom. The number of hydrogen-bond acceptors (Lipinski definition) is 8. The van der Waals surface area contributed by atoms with Crippen LogP contribution in [0, 0.1) is 64.1 Å². The normalized spacial score (nSPS) is 26.1. The highest BCUT2D eigenvalue weighted by atomic mass is 16.7. The summed E-state index contributed by atoms with van der Waals surface area (Å²) in [5, 5.41) is 17.9. The molecule has 0 aromatic carbocycles. The largest absolute Gasteiger partial charge is 0.396 e. The molecule has 9 unspecified atom stereocenters. The molecular formula is C53H98O8. The van der Waals surface area contributed by atoms with Gasteiger partial charge >= 0.3 is 0 Å². The van der Waals surface area contributed by atoms with E-state index in [9.17, 15) is 19.2 Å². The van der Waals surface area contributed by atoms with E-state index in [4.69, 9.17) is 19.7 Å². The average molecular weight is 863 g/mol. The van der Waals surface area contributed by atoms with Crippen molar-refractivity contribution in [3.05, 3.63) is 34.9 Å². The maximum absolute atomic E-state index is 10.4. The summed E-state index contributed by atoms with van der Waals surface area (Å²) in [6, 6.07) is 0. The third-order valence-electron chi connectivity index (χ3n) is 14.2. The summed E-state index contributed by atoms with van der Waals surface area (Å²) < 4.78 is 12.2. The topological polar surface area (TPSA) is 127 Å². The Hall–Kier alpha value is -2.26. The lowest BCUT2D eigenvalue weighted by Crippen LogP contribution is -2.47. The monoisotopic (exact) mass is 863 g/mol. The van der Waals surface area contributed by atoms with Gasteiger partial charge in [-0.2, -0.15) is 0 Å². The summed E-state index contributed by atoms with van der Waals surface area (Å²) in [4.78, 5) is 41.2. The minimum atomic E-state index is -0.297. The van der Waals surface area contributed by atoms with Crippen LogP contribution in [0.4, 0.5) is 0 Å². The van der Waals surface area contributed by atoms with Crippen molar-refractivity contribution in [1.82, 2.24) is 0 Å². The lowest BCUT2D eigenvalue weighted by Gasteiger charge is -2.44. The first-order valence-corrected chi connectivity index (χ1v) is 23.7. The molecule has 2 aliphatic carbocycles. The van der Waals surface area contributed by atoms with Gasteiger partial charge in [0.1, 0.15) is 18.4 Å². The molecule has 0 saturated carbocycles. The van der Waals surface area contributed by atoms with E-state index in [1.54, 1.807) is 13.8 Å². The van der Waals surface area contributed by atoms with Crippen molar-refractivity contribution >= 4 is 24.1 Å². The third-order valence-corrected chi connectivity index (χ3v) is 14.2. The van der Waals surface area contributed by atoms with Crippen LogP contribution in [-0.2, 0) is 28.7 Å². The van der Waals surface area contributed by atoms with Crippen molar-refractivity contribution in [2.75, 3.05) is 26.4 Å². The van der Waals surface area contributed by atoms with Gasteiger partial charge < -0.3 is 29.3 Å². The van der Waals surface area contributed by atoms with Gasteiger partial charge in [-0.25, -0.2) is 0 Å². The Morgan fingerprint density at radius 1 is 0.820 bits per heavy atom. The number of ether oxygens (including phenoxy) is 2. The molecule has 1 saturated heterocycles. The molecule has 1 fully saturated rings. The predicted octanol–water partition coefficient (Wildman–Crippen LogP) is 12.6. The van der Waals surface area contributed by atoms with Gasteiger partial charge in [-0.3, -0.25) is 9.59 Å². The Morgan fingerprint density at radius 2 is 1.31 bits per heavy atom. The zero-order valence-corrected chi connectivity index (χ0v) is 43.0. The number of aliphatic hydroxyl groups is 2. The molecule has 3 rings (SSSR count). The van der Waals surface area contributed by atoms with E-state index >= 15 is 0 Å². The lowest BCUT2D eigenvalue weighted by atomic mass is 9.76. The first-order chi connectivity index (χ1) is 28.4. The molecule has 358 valence electrons. The molecule has 0 bridgehead atoms. The van der Waals surface area contributed by atoms with Gasteiger partial charge in [-0.1, -0.05) is 139 Å². The van der Waals surface area contributed by atoms with Crippen molar-refractivity contribution in [3.8, 4) is 0 Å². The third kappa shape index (κ3) is 25.6. The van der Waals surface area contributed by atoms with Crippen LogP contribution in [0.2, 0.25) is 0 Å². The van der Waals surface area contributed by atoms with E-state index in [0.717, 1.165) is 63.5 Å². The predicted molar refractivity (Wildman–Crippen MR) is 257 cm³/mol. The Bertz CT molecular complexity index is 1280. The van der Waals surface area contributed by atoms with Gasteiger partial charge in [0.15, 0.2) is 12.1 Å². The molecule has 9 atom stereocenters. The van der Waals surface area contributed by atoms with E-state index in [1.165, 1.54) is 30.4 Å². The van der Waals surface area contributed by atoms with Gasteiger partial charge in [-0.15, -0.1) is 0 Å². The number of aldehydes is 2. The summed E-state index contributed by atoms with van der Waals surface area (Å²) in [6.07, 6.45) is 17.3. The van der Waals surface area contributed by atoms with Crippen LogP contribution in [-0.4, -0.2) is 67.1 Å². The van der Waals surface area contributed by atoms with Gasteiger partial charge in [0, 0.05) is 34.5 Å². The standard InChI is InChI=1S/C17H30O2.C9H14O.C8H18O2.C7H14O.C6H12O.C6H10O/c1-6-14(4)17(5)10-18-16(19-11-17)15-8-7-12(2)9-13(15)3;1-7-3-4-9(6-10)8(2)5-7;1-4-7(2)8(3,5-9)6-10;1-4-6(2)7(3)5-8;2*1-4-5(2)6(3)7/h9,13-16H,6-8,10-11H2,1-5H3;5-6,8-9H,3-4H2,1-2H3;7,9-10H,4-6H2,1-3H3;5-7H,4H2,1-3H3;5H,4H2,1-3H3;4H,1-3H3/b;;;;;5-4+. The van der Waals surface area contributed by atoms with Crippen molar-refractivity contribution < 1.29 is 38.9 Å². The maximum atomic E-state index is 10.4. The average Bonchev–Trinajstić information content (AvgIpc) is 3.25. The first kappa shape index (κ1) is 63.0. The second-order valence-electron chi connectivity index (χ2n) is 19.3. The summed E-state index contributed by atoms with van der Waals surface area (Å²) in [5.41, 5.74) is 3.68. The van der Waals surface area contributed by atoms with Crippen LogP contribution in [0.25, 0.3) is 0 Å². The number of allylic oxidation sites excluding steroid dienone is 6. The fourth-order valence-electron chi connectivity index (χ4n) is 6.71. The second kappa shape index (κ2) is 34.2. The molecule has 0 aromatic heterocycles. The van der Waals surface area contributed by atoms with Crippen LogP contribution in [0.15, 0.2) is 34.9 Å². The molecule has 8 nitrogen and oxygen atoms in total. The van der Waals surface area contributed by atoms with E-state index in [0.29, 0.717) is 41.3 Å². The molecule has 8 heteroatoms. The van der Waals surface area contributed by atoms with E-state index in [2.05, 4.69) is 81.4 Å². The Kier molecular flexibility index (Phi) is 35.3.